The Labute approximate surface area is 161 Å². The zero-order valence-electron chi connectivity index (χ0n) is 15.6. The predicted molar refractivity (Wildman–Crippen MR) is 104 cm³/mol. The molecule has 0 N–H and O–H groups in total. The third-order valence-electron chi connectivity index (χ3n) is 4.70. The number of carbonyl (C=O) groups excluding carboxylic acids is 1. The Hall–Kier alpha value is -2.81. The Morgan fingerprint density at radius 3 is 2.30 bits per heavy atom. The number of nitrogens with zero attached hydrogens (tertiary/aromatic N) is 7. The van der Waals surface area contributed by atoms with Gasteiger partial charge >= 0.3 is 0 Å². The lowest BCUT2D eigenvalue weighted by Gasteiger charge is -2.35. The van der Waals surface area contributed by atoms with E-state index in [2.05, 4.69) is 25.1 Å². The Kier molecular flexibility index (Phi) is 4.61. The second kappa shape index (κ2) is 7.07. The van der Waals surface area contributed by atoms with Crippen LogP contribution in [0.25, 0.3) is 5.82 Å². The number of hydrogen-bond acceptors (Lipinski definition) is 7. The number of amides is 1. The van der Waals surface area contributed by atoms with Crippen molar-refractivity contribution in [2.75, 3.05) is 31.1 Å². The molecule has 0 bridgehead atoms. The van der Waals surface area contributed by atoms with Crippen LogP contribution in [0.5, 0.6) is 0 Å². The van der Waals surface area contributed by atoms with Crippen LogP contribution in [-0.4, -0.2) is 61.7 Å². The lowest BCUT2D eigenvalue weighted by molar-refractivity contribution is 0.0750. The monoisotopic (exact) mass is 383 g/mol. The Bertz CT molecular complexity index is 955. The van der Waals surface area contributed by atoms with Crippen LogP contribution in [0.2, 0.25) is 0 Å². The van der Waals surface area contributed by atoms with Gasteiger partial charge in [-0.25, -0.2) is 9.97 Å². The van der Waals surface area contributed by atoms with E-state index in [1.807, 2.05) is 48.6 Å². The molecule has 8 nitrogen and oxygen atoms in total. The van der Waals surface area contributed by atoms with Gasteiger partial charge in [-0.3, -0.25) is 9.36 Å². The van der Waals surface area contributed by atoms with E-state index in [1.165, 1.54) is 11.3 Å². The van der Waals surface area contributed by atoms with E-state index >= 15 is 0 Å². The zero-order chi connectivity index (χ0) is 19.0. The quantitative estimate of drug-likeness (QED) is 0.688. The van der Waals surface area contributed by atoms with Gasteiger partial charge in [0.05, 0.1) is 10.7 Å². The summed E-state index contributed by atoms with van der Waals surface area (Å²) in [6, 6.07) is 3.91. The maximum Gasteiger partial charge on any atom is 0.265 e. The van der Waals surface area contributed by atoms with Gasteiger partial charge in [0.1, 0.15) is 10.7 Å². The van der Waals surface area contributed by atoms with Crippen molar-refractivity contribution in [2.24, 2.45) is 0 Å². The van der Waals surface area contributed by atoms with Crippen molar-refractivity contribution in [3.63, 3.8) is 0 Å². The van der Waals surface area contributed by atoms with E-state index in [1.54, 1.807) is 6.20 Å². The van der Waals surface area contributed by atoms with Gasteiger partial charge in [0.2, 0.25) is 0 Å². The van der Waals surface area contributed by atoms with E-state index in [-0.39, 0.29) is 5.91 Å². The fourth-order valence-corrected chi connectivity index (χ4v) is 4.14. The van der Waals surface area contributed by atoms with Crippen LogP contribution in [0.15, 0.2) is 24.5 Å². The molecule has 3 aromatic heterocycles. The summed E-state index contributed by atoms with van der Waals surface area (Å²) in [5, 5.41) is 9.61. The van der Waals surface area contributed by atoms with Gasteiger partial charge in [-0.05, 0) is 32.9 Å². The van der Waals surface area contributed by atoms with Gasteiger partial charge < -0.3 is 9.80 Å². The van der Waals surface area contributed by atoms with Crippen molar-refractivity contribution in [1.29, 1.82) is 0 Å². The van der Waals surface area contributed by atoms with Crippen LogP contribution < -0.4 is 4.90 Å². The minimum Gasteiger partial charge on any atom is -0.352 e. The fourth-order valence-electron chi connectivity index (χ4n) is 3.25. The maximum absolute atomic E-state index is 12.7. The van der Waals surface area contributed by atoms with Crippen LogP contribution >= 0.6 is 11.3 Å². The second-order valence-electron chi connectivity index (χ2n) is 6.52. The van der Waals surface area contributed by atoms with Gasteiger partial charge in [-0.15, -0.1) is 21.5 Å². The van der Waals surface area contributed by atoms with Gasteiger partial charge in [0.15, 0.2) is 11.6 Å². The third kappa shape index (κ3) is 3.42. The fraction of sp³-hybridized carbons (Fsp3) is 0.389. The summed E-state index contributed by atoms with van der Waals surface area (Å²) >= 11 is 1.47. The molecule has 4 heterocycles. The Balaban J connectivity index is 1.41. The summed E-state index contributed by atoms with van der Waals surface area (Å²) in [5.74, 6) is 2.53. The summed E-state index contributed by atoms with van der Waals surface area (Å²) in [7, 11) is 0. The van der Waals surface area contributed by atoms with Crippen molar-refractivity contribution in [2.45, 2.75) is 20.8 Å². The molecule has 9 heteroatoms. The molecule has 140 valence electrons. The highest BCUT2D eigenvalue weighted by Gasteiger charge is 2.25. The van der Waals surface area contributed by atoms with Gasteiger partial charge in [0.25, 0.3) is 5.91 Å². The highest BCUT2D eigenvalue weighted by molar-refractivity contribution is 7.13. The van der Waals surface area contributed by atoms with E-state index in [4.69, 9.17) is 0 Å². The minimum atomic E-state index is 0.0785. The van der Waals surface area contributed by atoms with E-state index in [9.17, 15) is 4.79 Å². The molecule has 1 saturated heterocycles. The Morgan fingerprint density at radius 1 is 1.04 bits per heavy atom. The summed E-state index contributed by atoms with van der Waals surface area (Å²) in [4.78, 5) is 26.1. The molecular formula is C18H21N7OS. The van der Waals surface area contributed by atoms with E-state index < -0.39 is 0 Å². The molecule has 4 rings (SSSR count). The minimum absolute atomic E-state index is 0.0785. The number of anilines is 1. The van der Waals surface area contributed by atoms with Crippen LogP contribution in [0.4, 0.5) is 5.82 Å². The van der Waals surface area contributed by atoms with Crippen LogP contribution in [0, 0.1) is 20.8 Å². The van der Waals surface area contributed by atoms with Crippen LogP contribution in [0.1, 0.15) is 26.2 Å². The molecule has 1 fully saturated rings. The lowest BCUT2D eigenvalue weighted by atomic mass is 10.2. The number of carbonyl (C=O) groups is 1. The smallest absolute Gasteiger partial charge is 0.265 e. The number of imidazole rings is 1. The topological polar surface area (TPSA) is 80.0 Å². The average Bonchev–Trinajstić information content (AvgIpc) is 3.26. The number of thiazole rings is 1. The standard InChI is InChI=1S/C18H21N7OS/c1-12-17(27-14(3)20-12)18(26)24-10-8-23(9-11-24)15-4-5-16(22-21-15)25-7-6-19-13(25)2/h4-7H,8-11H2,1-3H3. The molecule has 0 saturated carbocycles. The second-order valence-corrected chi connectivity index (χ2v) is 7.72. The molecule has 0 spiro atoms. The third-order valence-corrected chi connectivity index (χ3v) is 5.76. The van der Waals surface area contributed by atoms with E-state index in [0.717, 1.165) is 46.1 Å². The number of aryl methyl sites for hydroxylation is 3. The number of rotatable bonds is 3. The number of aromatic nitrogens is 5. The highest BCUT2D eigenvalue weighted by atomic mass is 32.1. The van der Waals surface area contributed by atoms with Crippen molar-refractivity contribution in [1.82, 2.24) is 29.6 Å². The number of hydrogen-bond donors (Lipinski definition) is 0. The van der Waals surface area contributed by atoms with Gasteiger partial charge in [-0.1, -0.05) is 0 Å². The summed E-state index contributed by atoms with van der Waals surface area (Å²) in [6.45, 7) is 8.56. The van der Waals surface area contributed by atoms with Crippen molar-refractivity contribution in [3.05, 3.63) is 45.9 Å². The summed E-state index contributed by atoms with van der Waals surface area (Å²) < 4.78 is 1.90. The molecule has 0 radical (unpaired) electrons. The largest absolute Gasteiger partial charge is 0.352 e. The summed E-state index contributed by atoms with van der Waals surface area (Å²) in [5.41, 5.74) is 0.821. The molecule has 0 unspecified atom stereocenters. The van der Waals surface area contributed by atoms with Gasteiger partial charge in [0, 0.05) is 38.6 Å². The molecule has 1 amide bonds. The first-order valence-electron chi connectivity index (χ1n) is 8.85. The first-order valence-corrected chi connectivity index (χ1v) is 9.67. The molecular weight excluding hydrogens is 362 g/mol. The molecule has 1 aliphatic heterocycles. The normalized spacial score (nSPS) is 14.6. The van der Waals surface area contributed by atoms with Crippen LogP contribution in [-0.2, 0) is 0 Å². The van der Waals surface area contributed by atoms with Gasteiger partial charge in [-0.2, -0.15) is 0 Å². The van der Waals surface area contributed by atoms with Crippen molar-refractivity contribution < 1.29 is 4.79 Å². The molecule has 0 atom stereocenters. The molecule has 27 heavy (non-hydrogen) atoms. The first-order chi connectivity index (χ1) is 13.0. The molecule has 1 aliphatic rings. The lowest BCUT2D eigenvalue weighted by Crippen LogP contribution is -2.49. The predicted octanol–water partition coefficient (Wildman–Crippen LogP) is 2.01. The summed E-state index contributed by atoms with van der Waals surface area (Å²) in [6.07, 6.45) is 3.61. The molecule has 0 aliphatic carbocycles. The van der Waals surface area contributed by atoms with Crippen molar-refractivity contribution >= 4 is 23.1 Å². The van der Waals surface area contributed by atoms with Crippen molar-refractivity contribution in [3.8, 4) is 5.82 Å². The Morgan fingerprint density at radius 2 is 1.74 bits per heavy atom. The first kappa shape index (κ1) is 17.6. The SMILES string of the molecule is Cc1nc(C)c(C(=O)N2CCN(c3ccc(-n4ccnc4C)nn3)CC2)s1. The molecule has 0 aromatic carbocycles. The highest BCUT2D eigenvalue weighted by Crippen LogP contribution is 2.21. The van der Waals surface area contributed by atoms with E-state index in [0.29, 0.717) is 13.1 Å². The number of piperazine rings is 1. The van der Waals surface area contributed by atoms with Crippen LogP contribution in [0.3, 0.4) is 0 Å². The molecule has 3 aromatic rings. The zero-order valence-corrected chi connectivity index (χ0v) is 16.4. The maximum atomic E-state index is 12.7. The average molecular weight is 383 g/mol.